The van der Waals surface area contributed by atoms with Gasteiger partial charge in [0.05, 0.1) is 0 Å². The molecule has 0 radical (unpaired) electrons. The molecular weight excluding hydrogens is 156 g/mol. The molecule has 0 aromatic heterocycles. The van der Waals surface area contributed by atoms with E-state index in [0.29, 0.717) is 12.8 Å². The lowest BCUT2D eigenvalue weighted by molar-refractivity contribution is 0.867. The highest BCUT2D eigenvalue weighted by Crippen LogP contribution is 2.11. The molecule has 0 amide bonds. The van der Waals surface area contributed by atoms with Crippen LogP contribution >= 0.6 is 0 Å². The maximum absolute atomic E-state index is 7.15. The van der Waals surface area contributed by atoms with Gasteiger partial charge in [-0.25, -0.2) is 0 Å². The molecule has 1 rings (SSSR count). The first-order valence-corrected chi connectivity index (χ1v) is 5.18. The molecule has 0 heterocycles. The zero-order valence-electron chi connectivity index (χ0n) is 10.7. The average Bonchev–Trinajstić information content (AvgIpc) is 2.34. The standard InChI is InChI=1S/C9H12.2C2H6/c1-8(2)9-6-4-3-5-7-9;2*1-2/h3-8H,1-2H3;2*1-2H3/i1D;;. The Hall–Kier alpha value is -0.780. The summed E-state index contributed by atoms with van der Waals surface area (Å²) in [7, 11) is 0. The lowest BCUT2D eigenvalue weighted by atomic mass is 10.0. The Bertz CT molecular complexity index is 182. The van der Waals surface area contributed by atoms with Gasteiger partial charge in [-0.3, -0.25) is 0 Å². The third-order valence-electron chi connectivity index (χ3n) is 1.37. The van der Waals surface area contributed by atoms with Crippen molar-refractivity contribution in [2.75, 3.05) is 0 Å². The van der Waals surface area contributed by atoms with Gasteiger partial charge in [0.15, 0.2) is 0 Å². The maximum atomic E-state index is 7.15. The second kappa shape index (κ2) is 11.2. The van der Waals surface area contributed by atoms with Crippen molar-refractivity contribution < 1.29 is 1.37 Å². The molecule has 0 aliphatic rings. The Morgan fingerprint density at radius 2 is 1.46 bits per heavy atom. The topological polar surface area (TPSA) is 0 Å². The van der Waals surface area contributed by atoms with Crippen LogP contribution in [0, 0.1) is 0 Å². The average molecular weight is 181 g/mol. The van der Waals surface area contributed by atoms with E-state index in [-0.39, 0.29) is 0 Å². The summed E-state index contributed by atoms with van der Waals surface area (Å²) < 4.78 is 7.15. The third kappa shape index (κ3) is 7.58. The molecule has 0 fully saturated rings. The monoisotopic (exact) mass is 181 g/mol. The van der Waals surface area contributed by atoms with E-state index < -0.39 is 0 Å². The van der Waals surface area contributed by atoms with Gasteiger partial charge >= 0.3 is 0 Å². The Kier molecular flexibility index (Phi) is 10.5. The van der Waals surface area contributed by atoms with Crippen molar-refractivity contribution in [3.05, 3.63) is 35.9 Å². The molecule has 0 aliphatic carbocycles. The fourth-order valence-electron chi connectivity index (χ4n) is 0.782. The van der Waals surface area contributed by atoms with Gasteiger partial charge in [0.2, 0.25) is 0 Å². The van der Waals surface area contributed by atoms with E-state index in [1.54, 1.807) is 0 Å². The largest absolute Gasteiger partial charge is 0.0683 e. The lowest BCUT2D eigenvalue weighted by Crippen LogP contribution is -1.83. The third-order valence-corrected chi connectivity index (χ3v) is 1.37. The van der Waals surface area contributed by atoms with E-state index in [1.807, 2.05) is 45.9 Å². The van der Waals surface area contributed by atoms with Gasteiger partial charge in [0.25, 0.3) is 0 Å². The summed E-state index contributed by atoms with van der Waals surface area (Å²) >= 11 is 0. The van der Waals surface area contributed by atoms with E-state index in [0.717, 1.165) is 0 Å². The lowest BCUT2D eigenvalue weighted by Gasteiger charge is -2.01. The first kappa shape index (κ1) is 12.2. The van der Waals surface area contributed by atoms with Gasteiger partial charge in [0, 0.05) is 1.37 Å². The summed E-state index contributed by atoms with van der Waals surface area (Å²) in [5.74, 6) is 0.376. The molecule has 13 heavy (non-hydrogen) atoms. The van der Waals surface area contributed by atoms with Crippen molar-refractivity contribution in [3.63, 3.8) is 0 Å². The van der Waals surface area contributed by atoms with Gasteiger partial charge in [-0.05, 0) is 11.5 Å². The minimum absolute atomic E-state index is 0.376. The van der Waals surface area contributed by atoms with Crippen molar-refractivity contribution >= 4 is 0 Å². The van der Waals surface area contributed by atoms with Gasteiger partial charge in [0.1, 0.15) is 0 Å². The van der Waals surface area contributed by atoms with Crippen LogP contribution in [0.4, 0.5) is 0 Å². The Balaban J connectivity index is 0. The molecule has 1 aromatic rings. The van der Waals surface area contributed by atoms with Gasteiger partial charge in [-0.15, -0.1) is 0 Å². The summed E-state index contributed by atoms with van der Waals surface area (Å²) in [5, 5.41) is 0. The molecule has 0 spiro atoms. The summed E-state index contributed by atoms with van der Waals surface area (Å²) in [6, 6.07) is 10.2. The van der Waals surface area contributed by atoms with Crippen LogP contribution in [0.15, 0.2) is 30.3 Å². The molecule has 0 bridgehead atoms. The van der Waals surface area contributed by atoms with Crippen molar-refractivity contribution in [1.82, 2.24) is 0 Å². The van der Waals surface area contributed by atoms with E-state index in [2.05, 4.69) is 19.1 Å². The molecule has 1 aromatic carbocycles. The second-order valence-electron chi connectivity index (χ2n) is 2.31. The predicted molar refractivity (Wildman–Crippen MR) is 63.2 cm³/mol. The highest BCUT2D eigenvalue weighted by Gasteiger charge is 1.93. The van der Waals surface area contributed by atoms with Crippen molar-refractivity contribution in [2.45, 2.75) is 47.4 Å². The minimum Gasteiger partial charge on any atom is -0.0683 e. The number of hydrogen-bond acceptors (Lipinski definition) is 0. The van der Waals surface area contributed by atoms with Crippen LogP contribution in [0.25, 0.3) is 0 Å². The molecule has 0 nitrogen and oxygen atoms in total. The van der Waals surface area contributed by atoms with E-state index in [4.69, 9.17) is 1.37 Å². The SMILES string of the molecule is CC.CC.[2H]CC(C)c1ccccc1. The Morgan fingerprint density at radius 3 is 1.85 bits per heavy atom. The molecule has 1 atom stereocenters. The smallest absolute Gasteiger partial charge is 0.0236 e. The van der Waals surface area contributed by atoms with Crippen molar-refractivity contribution in [1.29, 1.82) is 0 Å². The molecule has 76 valence electrons. The second-order valence-corrected chi connectivity index (χ2v) is 2.31. The summed E-state index contributed by atoms with van der Waals surface area (Å²) in [6.07, 6.45) is 0. The fraction of sp³-hybridized carbons (Fsp3) is 0.538. The first-order chi connectivity index (χ1) is 6.84. The van der Waals surface area contributed by atoms with Crippen LogP contribution in [0.5, 0.6) is 0 Å². The van der Waals surface area contributed by atoms with Crippen molar-refractivity contribution in [2.24, 2.45) is 0 Å². The molecule has 0 heteroatoms. The molecule has 0 saturated carbocycles. The fourth-order valence-corrected chi connectivity index (χ4v) is 0.782. The molecule has 0 aliphatic heterocycles. The first-order valence-electron chi connectivity index (χ1n) is 5.89. The van der Waals surface area contributed by atoms with Gasteiger partial charge in [-0.2, -0.15) is 0 Å². The van der Waals surface area contributed by atoms with E-state index in [9.17, 15) is 0 Å². The van der Waals surface area contributed by atoms with Gasteiger partial charge < -0.3 is 0 Å². The normalized spacial score (nSPS) is 11.0. The predicted octanol–water partition coefficient (Wildman–Crippen LogP) is 4.86. The van der Waals surface area contributed by atoms with Crippen LogP contribution in [-0.4, -0.2) is 0 Å². The highest BCUT2D eigenvalue weighted by atomic mass is 14.0. The van der Waals surface area contributed by atoms with Crippen LogP contribution in [0.2, 0.25) is 0 Å². The Morgan fingerprint density at radius 1 is 1.00 bits per heavy atom. The number of rotatable bonds is 1. The highest BCUT2D eigenvalue weighted by molar-refractivity contribution is 5.17. The van der Waals surface area contributed by atoms with Gasteiger partial charge in [-0.1, -0.05) is 71.9 Å². The maximum Gasteiger partial charge on any atom is 0.0236 e. The van der Waals surface area contributed by atoms with Crippen LogP contribution in [-0.2, 0) is 0 Å². The number of benzene rings is 1. The van der Waals surface area contributed by atoms with E-state index >= 15 is 0 Å². The zero-order chi connectivity index (χ0) is 11.4. The number of hydrogen-bond donors (Lipinski definition) is 0. The van der Waals surface area contributed by atoms with E-state index in [1.165, 1.54) is 5.56 Å². The molecule has 1 unspecified atom stereocenters. The van der Waals surface area contributed by atoms with Crippen LogP contribution in [0.1, 0.15) is 54.4 Å². The summed E-state index contributed by atoms with van der Waals surface area (Å²) in [4.78, 5) is 0. The van der Waals surface area contributed by atoms with Crippen molar-refractivity contribution in [3.8, 4) is 0 Å². The molecular formula is C13H24. The Labute approximate surface area is 85.4 Å². The zero-order valence-corrected chi connectivity index (χ0v) is 9.67. The minimum atomic E-state index is 0.376. The summed E-state index contributed by atoms with van der Waals surface area (Å²) in [6.45, 7) is 10.5. The quantitative estimate of drug-likeness (QED) is 0.580. The summed E-state index contributed by atoms with van der Waals surface area (Å²) in [5.41, 5.74) is 1.26. The molecule has 0 saturated heterocycles. The molecule has 0 N–H and O–H groups in total. The van der Waals surface area contributed by atoms with Crippen LogP contribution < -0.4 is 0 Å². The van der Waals surface area contributed by atoms with Crippen LogP contribution in [0.3, 0.4) is 0 Å².